The van der Waals surface area contributed by atoms with Crippen LogP contribution in [0.1, 0.15) is 15.9 Å². The molecule has 1 N–H and O–H groups in total. The number of pyridine rings is 1. The van der Waals surface area contributed by atoms with E-state index in [-0.39, 0.29) is 16.5 Å². The van der Waals surface area contributed by atoms with Crippen LogP contribution in [0.5, 0.6) is 0 Å². The summed E-state index contributed by atoms with van der Waals surface area (Å²) in [4.78, 5) is 14.8. The lowest BCUT2D eigenvalue weighted by Gasteiger charge is -2.03. The van der Waals surface area contributed by atoms with Gasteiger partial charge in [-0.3, -0.25) is 4.98 Å². The maximum Gasteiger partial charge on any atom is 0.337 e. The quantitative estimate of drug-likeness (QED) is 0.777. The molecule has 2 rings (SSSR count). The fourth-order valence-corrected chi connectivity index (χ4v) is 1.46. The Morgan fingerprint density at radius 2 is 2.20 bits per heavy atom. The van der Waals surface area contributed by atoms with Crippen LogP contribution in [0.3, 0.4) is 0 Å². The highest BCUT2D eigenvalue weighted by molar-refractivity contribution is 6.01. The second kappa shape index (κ2) is 3.31. The second-order valence-electron chi connectivity index (χ2n) is 3.31. The summed E-state index contributed by atoms with van der Waals surface area (Å²) in [6.45, 7) is 1.78. The predicted molar refractivity (Wildman–Crippen MR) is 53.4 cm³/mol. The summed E-state index contributed by atoms with van der Waals surface area (Å²) in [5, 5.41) is 9.13. The minimum atomic E-state index is -1.10. The summed E-state index contributed by atoms with van der Waals surface area (Å²) in [5.74, 6) is -1.55. The van der Waals surface area contributed by atoms with Crippen molar-refractivity contribution in [3.8, 4) is 0 Å². The Morgan fingerprint density at radius 1 is 1.47 bits per heavy atom. The first-order valence-electron chi connectivity index (χ1n) is 4.38. The number of benzene rings is 1. The topological polar surface area (TPSA) is 50.2 Å². The molecule has 1 heterocycles. The zero-order valence-corrected chi connectivity index (χ0v) is 7.99. The van der Waals surface area contributed by atoms with E-state index in [1.807, 2.05) is 0 Å². The third-order valence-electron chi connectivity index (χ3n) is 2.16. The zero-order chi connectivity index (χ0) is 11.0. The average molecular weight is 205 g/mol. The van der Waals surface area contributed by atoms with Gasteiger partial charge in [-0.15, -0.1) is 0 Å². The number of aromatic nitrogens is 1. The van der Waals surface area contributed by atoms with Crippen molar-refractivity contribution in [2.45, 2.75) is 6.92 Å². The number of carboxylic acid groups (broad SMARTS) is 1. The van der Waals surface area contributed by atoms with Crippen molar-refractivity contribution in [2.75, 3.05) is 0 Å². The predicted octanol–water partition coefficient (Wildman–Crippen LogP) is 2.38. The normalized spacial score (nSPS) is 10.5. The molecule has 4 heteroatoms. The number of rotatable bonds is 1. The van der Waals surface area contributed by atoms with Gasteiger partial charge >= 0.3 is 5.97 Å². The SMILES string of the molecule is Cc1cnc2c(C(=O)O)ccc(F)c2c1. The van der Waals surface area contributed by atoms with Gasteiger partial charge in [-0.25, -0.2) is 9.18 Å². The van der Waals surface area contributed by atoms with Gasteiger partial charge in [0.25, 0.3) is 0 Å². The molecule has 3 nitrogen and oxygen atoms in total. The highest BCUT2D eigenvalue weighted by Gasteiger charge is 2.12. The van der Waals surface area contributed by atoms with Crippen LogP contribution in [0.15, 0.2) is 24.4 Å². The summed E-state index contributed by atoms with van der Waals surface area (Å²) in [6, 6.07) is 3.96. The standard InChI is InChI=1S/C11H8FNO2/c1-6-4-8-9(12)3-2-7(11(14)15)10(8)13-5-6/h2-5H,1H3,(H,14,15). The Morgan fingerprint density at radius 3 is 2.87 bits per heavy atom. The summed E-state index contributed by atoms with van der Waals surface area (Å²) in [6.07, 6.45) is 1.52. The van der Waals surface area contributed by atoms with Crippen LogP contribution < -0.4 is 0 Å². The fourth-order valence-electron chi connectivity index (χ4n) is 1.46. The number of carboxylic acids is 1. The van der Waals surface area contributed by atoms with E-state index in [2.05, 4.69) is 4.98 Å². The molecule has 0 saturated carbocycles. The van der Waals surface area contributed by atoms with Crippen molar-refractivity contribution in [3.05, 3.63) is 41.3 Å². The van der Waals surface area contributed by atoms with Gasteiger partial charge in [0.15, 0.2) is 0 Å². The number of aryl methyl sites for hydroxylation is 1. The van der Waals surface area contributed by atoms with E-state index in [4.69, 9.17) is 5.11 Å². The molecule has 76 valence electrons. The van der Waals surface area contributed by atoms with E-state index in [0.29, 0.717) is 0 Å². The number of halogens is 1. The van der Waals surface area contributed by atoms with E-state index in [1.165, 1.54) is 12.3 Å². The summed E-state index contributed by atoms with van der Waals surface area (Å²) in [5.41, 5.74) is 1.00. The number of nitrogens with zero attached hydrogens (tertiary/aromatic N) is 1. The van der Waals surface area contributed by atoms with E-state index >= 15 is 0 Å². The van der Waals surface area contributed by atoms with Crippen molar-refractivity contribution < 1.29 is 14.3 Å². The summed E-state index contributed by atoms with van der Waals surface area (Å²) >= 11 is 0. The second-order valence-corrected chi connectivity index (χ2v) is 3.31. The molecule has 0 amide bonds. The lowest BCUT2D eigenvalue weighted by molar-refractivity contribution is 0.0699. The molecule has 1 aromatic heterocycles. The Kier molecular flexibility index (Phi) is 2.11. The molecule has 0 aliphatic carbocycles. The molecule has 0 saturated heterocycles. The van der Waals surface area contributed by atoms with Crippen LogP contribution in [-0.4, -0.2) is 16.1 Å². The first-order chi connectivity index (χ1) is 7.09. The Bertz CT molecular complexity index is 552. The average Bonchev–Trinajstić information content (AvgIpc) is 2.19. The van der Waals surface area contributed by atoms with Crippen LogP contribution in [0.4, 0.5) is 4.39 Å². The molecule has 0 aliphatic rings. The van der Waals surface area contributed by atoms with Gasteiger partial charge in [0.05, 0.1) is 11.1 Å². The van der Waals surface area contributed by atoms with Gasteiger partial charge < -0.3 is 5.11 Å². The molecule has 0 spiro atoms. The third kappa shape index (κ3) is 1.54. The molecule has 1 aromatic carbocycles. The maximum atomic E-state index is 13.4. The number of hydrogen-bond acceptors (Lipinski definition) is 2. The summed E-state index contributed by atoms with van der Waals surface area (Å²) < 4.78 is 13.4. The van der Waals surface area contributed by atoms with E-state index in [9.17, 15) is 9.18 Å². The van der Waals surface area contributed by atoms with Crippen LogP contribution >= 0.6 is 0 Å². The third-order valence-corrected chi connectivity index (χ3v) is 2.16. The van der Waals surface area contributed by atoms with Crippen LogP contribution in [0, 0.1) is 12.7 Å². The van der Waals surface area contributed by atoms with Crippen molar-refractivity contribution in [1.82, 2.24) is 4.98 Å². The van der Waals surface area contributed by atoms with Gasteiger partial charge in [0.1, 0.15) is 5.82 Å². The minimum absolute atomic E-state index is 0.0198. The lowest BCUT2D eigenvalue weighted by atomic mass is 10.1. The molecule has 0 atom stereocenters. The van der Waals surface area contributed by atoms with Crippen molar-refractivity contribution in [2.24, 2.45) is 0 Å². The van der Waals surface area contributed by atoms with Gasteiger partial charge in [0, 0.05) is 11.6 Å². The molecule has 0 aliphatic heterocycles. The largest absolute Gasteiger partial charge is 0.478 e. The van der Waals surface area contributed by atoms with E-state index in [0.717, 1.165) is 11.6 Å². The molecule has 2 aromatic rings. The molecule has 0 unspecified atom stereocenters. The molecule has 0 fully saturated rings. The smallest absolute Gasteiger partial charge is 0.337 e. The van der Waals surface area contributed by atoms with Gasteiger partial charge in [0.2, 0.25) is 0 Å². The molecular weight excluding hydrogens is 197 g/mol. The summed E-state index contributed by atoms with van der Waals surface area (Å²) in [7, 11) is 0. The monoisotopic (exact) mass is 205 g/mol. The number of hydrogen-bond donors (Lipinski definition) is 1. The Balaban J connectivity index is 2.88. The van der Waals surface area contributed by atoms with Gasteiger partial charge in [-0.2, -0.15) is 0 Å². The van der Waals surface area contributed by atoms with Crippen LogP contribution in [-0.2, 0) is 0 Å². The number of carbonyl (C=O) groups is 1. The number of aromatic carboxylic acids is 1. The first kappa shape index (κ1) is 9.58. The molecule has 0 bridgehead atoms. The van der Waals surface area contributed by atoms with Gasteiger partial charge in [-0.1, -0.05) is 0 Å². The zero-order valence-electron chi connectivity index (χ0n) is 7.99. The minimum Gasteiger partial charge on any atom is -0.478 e. The Labute approximate surface area is 85.2 Å². The molecule has 15 heavy (non-hydrogen) atoms. The van der Waals surface area contributed by atoms with Gasteiger partial charge in [-0.05, 0) is 30.7 Å². The molecular formula is C11H8FNO2. The molecule has 0 radical (unpaired) electrons. The van der Waals surface area contributed by atoms with Crippen molar-refractivity contribution >= 4 is 16.9 Å². The fraction of sp³-hybridized carbons (Fsp3) is 0.0909. The van der Waals surface area contributed by atoms with E-state index in [1.54, 1.807) is 13.0 Å². The maximum absolute atomic E-state index is 13.4. The highest BCUT2D eigenvalue weighted by atomic mass is 19.1. The van der Waals surface area contributed by atoms with Crippen LogP contribution in [0.2, 0.25) is 0 Å². The van der Waals surface area contributed by atoms with E-state index < -0.39 is 11.8 Å². The first-order valence-corrected chi connectivity index (χ1v) is 4.38. The van der Waals surface area contributed by atoms with Crippen molar-refractivity contribution in [1.29, 1.82) is 0 Å². The van der Waals surface area contributed by atoms with Crippen LogP contribution in [0.25, 0.3) is 10.9 Å². The van der Waals surface area contributed by atoms with Crippen molar-refractivity contribution in [3.63, 3.8) is 0 Å². The Hall–Kier alpha value is -1.97. The number of fused-ring (bicyclic) bond motifs is 1. The highest BCUT2D eigenvalue weighted by Crippen LogP contribution is 2.20. The lowest BCUT2D eigenvalue weighted by Crippen LogP contribution is -2.00.